The number of aromatic nitrogens is 2. The van der Waals surface area contributed by atoms with Crippen molar-refractivity contribution in [1.82, 2.24) is 9.97 Å². The lowest BCUT2D eigenvalue weighted by Gasteiger charge is -2.18. The van der Waals surface area contributed by atoms with E-state index >= 15 is 0 Å². The van der Waals surface area contributed by atoms with Gasteiger partial charge >= 0.3 is 0 Å². The number of benzene rings is 1. The first-order chi connectivity index (χ1) is 8.21. The molecule has 0 radical (unpaired) electrons. The molecule has 1 unspecified atom stereocenters. The molecular weight excluding hydrogens is 228 g/mol. The molecule has 2 aromatic rings. The van der Waals surface area contributed by atoms with Crippen molar-refractivity contribution in [2.24, 2.45) is 0 Å². The van der Waals surface area contributed by atoms with E-state index in [1.807, 2.05) is 11.8 Å². The largest absolute Gasteiger partial charge is 0.341 e. The van der Waals surface area contributed by atoms with Crippen LogP contribution in [-0.4, -0.2) is 15.7 Å². The highest BCUT2D eigenvalue weighted by molar-refractivity contribution is 8.00. The van der Waals surface area contributed by atoms with E-state index < -0.39 is 0 Å². The molecule has 1 aliphatic heterocycles. The molecule has 1 atom stereocenters. The molecule has 90 valence electrons. The molecule has 1 aromatic heterocycles. The van der Waals surface area contributed by atoms with Gasteiger partial charge in [-0.2, -0.15) is 0 Å². The average Bonchev–Trinajstić information content (AvgIpc) is 2.94. The van der Waals surface area contributed by atoms with Gasteiger partial charge in [0.2, 0.25) is 0 Å². The molecule has 2 heterocycles. The molecule has 0 saturated carbocycles. The molecular formula is C14H18N2S. The van der Waals surface area contributed by atoms with Crippen LogP contribution in [0.15, 0.2) is 18.2 Å². The smallest absolute Gasteiger partial charge is 0.123 e. The normalized spacial score (nSPS) is 24.6. The van der Waals surface area contributed by atoms with Crippen LogP contribution in [0.2, 0.25) is 0 Å². The lowest BCUT2D eigenvalue weighted by Crippen LogP contribution is -2.14. The van der Waals surface area contributed by atoms with Crippen molar-refractivity contribution < 1.29 is 0 Å². The standard InChI is InChI=1S/C14H18N2S/c1-3-10-5-6-11-12(9-10)16-13(15-11)14(2)7-4-8-17-14/h5-6,9H,3-4,7-8H2,1-2H3,(H,15,16). The Kier molecular flexibility index (Phi) is 2.66. The lowest BCUT2D eigenvalue weighted by atomic mass is 10.1. The van der Waals surface area contributed by atoms with Gasteiger partial charge in [-0.25, -0.2) is 4.98 Å². The van der Waals surface area contributed by atoms with E-state index in [4.69, 9.17) is 4.98 Å². The molecule has 3 heteroatoms. The Balaban J connectivity index is 2.07. The molecule has 0 aliphatic carbocycles. The first-order valence-electron chi connectivity index (χ1n) is 6.34. The SMILES string of the molecule is CCc1ccc2nc(C3(C)CCCS3)[nH]c2c1. The van der Waals surface area contributed by atoms with Gasteiger partial charge < -0.3 is 4.98 Å². The van der Waals surface area contributed by atoms with Crippen LogP contribution < -0.4 is 0 Å². The maximum Gasteiger partial charge on any atom is 0.123 e. The molecule has 3 rings (SSSR count). The zero-order valence-corrected chi connectivity index (χ0v) is 11.2. The summed E-state index contributed by atoms with van der Waals surface area (Å²) in [6.45, 7) is 4.50. The summed E-state index contributed by atoms with van der Waals surface area (Å²) in [7, 11) is 0. The van der Waals surface area contributed by atoms with Crippen molar-refractivity contribution in [2.75, 3.05) is 5.75 Å². The monoisotopic (exact) mass is 246 g/mol. The summed E-state index contributed by atoms with van der Waals surface area (Å²) in [5, 5.41) is 0. The van der Waals surface area contributed by atoms with E-state index in [0.29, 0.717) is 0 Å². The topological polar surface area (TPSA) is 28.7 Å². The van der Waals surface area contributed by atoms with Crippen molar-refractivity contribution in [3.63, 3.8) is 0 Å². The third-order valence-corrected chi connectivity index (χ3v) is 5.20. The van der Waals surface area contributed by atoms with Gasteiger partial charge in [-0.15, -0.1) is 11.8 Å². The molecule has 1 aliphatic rings. The van der Waals surface area contributed by atoms with Crippen molar-refractivity contribution in [3.05, 3.63) is 29.6 Å². The quantitative estimate of drug-likeness (QED) is 0.871. The highest BCUT2D eigenvalue weighted by Crippen LogP contribution is 2.45. The van der Waals surface area contributed by atoms with Gasteiger partial charge in [-0.1, -0.05) is 13.0 Å². The predicted octanol–water partition coefficient (Wildman–Crippen LogP) is 3.87. The second-order valence-corrected chi connectivity index (χ2v) is 6.57. The molecule has 0 spiro atoms. The Hall–Kier alpha value is -0.960. The average molecular weight is 246 g/mol. The van der Waals surface area contributed by atoms with Crippen LogP contribution in [0.5, 0.6) is 0 Å². The van der Waals surface area contributed by atoms with Gasteiger partial charge in [0.25, 0.3) is 0 Å². The fourth-order valence-electron chi connectivity index (χ4n) is 2.49. The third-order valence-electron chi connectivity index (χ3n) is 3.67. The second-order valence-electron chi connectivity index (χ2n) is 4.97. The summed E-state index contributed by atoms with van der Waals surface area (Å²) in [5.74, 6) is 2.41. The first-order valence-corrected chi connectivity index (χ1v) is 7.33. The van der Waals surface area contributed by atoms with E-state index in [0.717, 1.165) is 17.8 Å². The molecule has 0 bridgehead atoms. The fraction of sp³-hybridized carbons (Fsp3) is 0.500. The van der Waals surface area contributed by atoms with E-state index in [1.165, 1.54) is 29.7 Å². The van der Waals surface area contributed by atoms with Crippen molar-refractivity contribution in [2.45, 2.75) is 37.9 Å². The Morgan fingerprint density at radius 1 is 1.47 bits per heavy atom. The van der Waals surface area contributed by atoms with E-state index in [2.05, 4.69) is 37.0 Å². The van der Waals surface area contributed by atoms with Crippen LogP contribution in [0.4, 0.5) is 0 Å². The summed E-state index contributed by atoms with van der Waals surface area (Å²) in [5.41, 5.74) is 3.66. The minimum atomic E-state index is 0.200. The van der Waals surface area contributed by atoms with Crippen LogP contribution in [0.3, 0.4) is 0 Å². The zero-order valence-electron chi connectivity index (χ0n) is 10.4. The van der Waals surface area contributed by atoms with Gasteiger partial charge in [-0.05, 0) is 49.6 Å². The number of imidazole rings is 1. The summed E-state index contributed by atoms with van der Waals surface area (Å²) in [4.78, 5) is 8.29. The minimum Gasteiger partial charge on any atom is -0.341 e. The summed E-state index contributed by atoms with van der Waals surface area (Å²) >= 11 is 2.03. The maximum absolute atomic E-state index is 4.77. The minimum absolute atomic E-state index is 0.200. The van der Waals surface area contributed by atoms with E-state index in [1.54, 1.807) is 0 Å². The maximum atomic E-state index is 4.77. The highest BCUT2D eigenvalue weighted by atomic mass is 32.2. The van der Waals surface area contributed by atoms with E-state index in [-0.39, 0.29) is 4.75 Å². The number of hydrogen-bond acceptors (Lipinski definition) is 2. The summed E-state index contributed by atoms with van der Waals surface area (Å²) in [6, 6.07) is 6.54. The summed E-state index contributed by atoms with van der Waals surface area (Å²) in [6.07, 6.45) is 3.62. The number of fused-ring (bicyclic) bond motifs is 1. The number of nitrogens with zero attached hydrogens (tertiary/aromatic N) is 1. The molecule has 1 aromatic carbocycles. The molecule has 17 heavy (non-hydrogen) atoms. The number of hydrogen-bond donors (Lipinski definition) is 1. The third kappa shape index (κ3) is 1.86. The van der Waals surface area contributed by atoms with Crippen molar-refractivity contribution in [3.8, 4) is 0 Å². The Morgan fingerprint density at radius 3 is 3.06 bits per heavy atom. The van der Waals surface area contributed by atoms with Crippen molar-refractivity contribution in [1.29, 1.82) is 0 Å². The molecule has 1 saturated heterocycles. The molecule has 1 fully saturated rings. The highest BCUT2D eigenvalue weighted by Gasteiger charge is 2.34. The van der Waals surface area contributed by atoms with Crippen LogP contribution >= 0.6 is 11.8 Å². The number of rotatable bonds is 2. The van der Waals surface area contributed by atoms with E-state index in [9.17, 15) is 0 Å². The van der Waals surface area contributed by atoms with Crippen molar-refractivity contribution >= 4 is 22.8 Å². The number of thioether (sulfide) groups is 1. The van der Waals surface area contributed by atoms with Crippen LogP contribution in [0, 0.1) is 0 Å². The number of aryl methyl sites for hydroxylation is 1. The van der Waals surface area contributed by atoms with Crippen LogP contribution in [0.25, 0.3) is 11.0 Å². The summed E-state index contributed by atoms with van der Waals surface area (Å²) < 4.78 is 0.200. The predicted molar refractivity (Wildman–Crippen MR) is 74.5 cm³/mol. The number of aromatic amines is 1. The lowest BCUT2D eigenvalue weighted by molar-refractivity contribution is 0.614. The molecule has 2 nitrogen and oxygen atoms in total. The fourth-order valence-corrected chi connectivity index (χ4v) is 3.75. The zero-order chi connectivity index (χ0) is 11.9. The second kappa shape index (κ2) is 4.05. The molecule has 0 amide bonds. The Morgan fingerprint density at radius 2 is 2.35 bits per heavy atom. The molecule has 1 N–H and O–H groups in total. The number of nitrogens with one attached hydrogen (secondary N) is 1. The van der Waals surface area contributed by atoms with Gasteiger partial charge in [-0.3, -0.25) is 0 Å². The van der Waals surface area contributed by atoms with Gasteiger partial charge in [0.15, 0.2) is 0 Å². The Labute approximate surface area is 106 Å². The first kappa shape index (κ1) is 11.1. The van der Waals surface area contributed by atoms with Gasteiger partial charge in [0.05, 0.1) is 15.8 Å². The van der Waals surface area contributed by atoms with Gasteiger partial charge in [0, 0.05) is 0 Å². The van der Waals surface area contributed by atoms with Crippen LogP contribution in [0.1, 0.15) is 38.1 Å². The van der Waals surface area contributed by atoms with Gasteiger partial charge in [0.1, 0.15) is 5.82 Å². The Bertz CT molecular complexity index is 538. The van der Waals surface area contributed by atoms with Crippen LogP contribution in [-0.2, 0) is 11.2 Å². The number of H-pyrrole nitrogens is 1.